The lowest BCUT2D eigenvalue weighted by Gasteiger charge is -2.23. The van der Waals surface area contributed by atoms with Crippen molar-refractivity contribution >= 4 is 11.6 Å². The monoisotopic (exact) mass is 280 g/mol. The molecule has 112 valence electrons. The summed E-state index contributed by atoms with van der Waals surface area (Å²) in [5.74, 6) is 0.651. The van der Waals surface area contributed by atoms with Gasteiger partial charge in [0.15, 0.2) is 0 Å². The third kappa shape index (κ3) is 5.19. The van der Waals surface area contributed by atoms with Crippen molar-refractivity contribution in [2.45, 2.75) is 26.4 Å². The lowest BCUT2D eigenvalue weighted by molar-refractivity contribution is -0.124. The molecule has 2 N–H and O–H groups in total. The number of amides is 1. The maximum absolute atomic E-state index is 12.3. The summed E-state index contributed by atoms with van der Waals surface area (Å²) in [7, 11) is 1.60. The van der Waals surface area contributed by atoms with E-state index in [1.165, 1.54) is 0 Å². The Morgan fingerprint density at radius 2 is 2.15 bits per heavy atom. The van der Waals surface area contributed by atoms with Crippen LogP contribution in [0.3, 0.4) is 0 Å². The summed E-state index contributed by atoms with van der Waals surface area (Å²) in [5, 5.41) is 0. The minimum atomic E-state index is -0.0691. The van der Waals surface area contributed by atoms with Gasteiger partial charge in [0.25, 0.3) is 5.91 Å². The summed E-state index contributed by atoms with van der Waals surface area (Å²) in [6.45, 7) is 4.99. The van der Waals surface area contributed by atoms with E-state index in [0.717, 1.165) is 17.9 Å². The fourth-order valence-electron chi connectivity index (χ4n) is 1.74. The molecule has 0 aliphatic carbocycles. The van der Waals surface area contributed by atoms with E-state index >= 15 is 0 Å². The molecule has 0 atom stereocenters. The summed E-state index contributed by atoms with van der Waals surface area (Å²) in [6.07, 6.45) is 0.769. The second-order valence-corrected chi connectivity index (χ2v) is 4.75. The van der Waals surface area contributed by atoms with Gasteiger partial charge in [-0.3, -0.25) is 4.79 Å². The highest BCUT2D eigenvalue weighted by atomic mass is 16.5. The topological polar surface area (TPSA) is 64.8 Å². The van der Waals surface area contributed by atoms with Crippen LogP contribution in [0.5, 0.6) is 5.75 Å². The minimum Gasteiger partial charge on any atom is -0.497 e. The number of rotatable bonds is 8. The Hall–Kier alpha value is -1.59. The lowest BCUT2D eigenvalue weighted by Crippen LogP contribution is -2.36. The Morgan fingerprint density at radius 3 is 2.75 bits per heavy atom. The number of nitrogens with zero attached hydrogens (tertiary/aromatic N) is 1. The first-order valence-electron chi connectivity index (χ1n) is 6.84. The van der Waals surface area contributed by atoms with Crippen LogP contribution in [0.15, 0.2) is 24.3 Å². The van der Waals surface area contributed by atoms with Crippen molar-refractivity contribution in [3.8, 4) is 5.75 Å². The molecule has 0 saturated carbocycles. The second kappa shape index (κ2) is 8.55. The maximum atomic E-state index is 12.3. The number of ether oxygens (including phenoxy) is 2. The Balaban J connectivity index is 2.83. The van der Waals surface area contributed by atoms with E-state index in [4.69, 9.17) is 15.2 Å². The molecule has 0 unspecified atom stereocenters. The van der Waals surface area contributed by atoms with Crippen LogP contribution in [0.2, 0.25) is 0 Å². The van der Waals surface area contributed by atoms with Gasteiger partial charge in [0.2, 0.25) is 0 Å². The van der Waals surface area contributed by atoms with Crippen LogP contribution in [0.1, 0.15) is 20.3 Å². The predicted molar refractivity (Wildman–Crippen MR) is 80.1 cm³/mol. The molecule has 20 heavy (non-hydrogen) atoms. The number of hydrogen-bond donors (Lipinski definition) is 1. The average Bonchev–Trinajstić information content (AvgIpc) is 2.45. The van der Waals surface area contributed by atoms with Crippen LogP contribution in [-0.2, 0) is 9.53 Å². The van der Waals surface area contributed by atoms with Crippen molar-refractivity contribution in [2.24, 2.45) is 5.73 Å². The van der Waals surface area contributed by atoms with Crippen molar-refractivity contribution in [3.05, 3.63) is 24.3 Å². The summed E-state index contributed by atoms with van der Waals surface area (Å²) in [6, 6.07) is 7.43. The van der Waals surface area contributed by atoms with Gasteiger partial charge in [0, 0.05) is 18.3 Å². The van der Waals surface area contributed by atoms with Gasteiger partial charge in [-0.05, 0) is 38.9 Å². The highest BCUT2D eigenvalue weighted by Gasteiger charge is 2.16. The molecule has 0 fully saturated rings. The molecule has 1 aromatic rings. The molecule has 0 aliphatic heterocycles. The fraction of sp³-hybridized carbons (Fsp3) is 0.533. The Bertz CT molecular complexity index is 421. The fourth-order valence-corrected chi connectivity index (χ4v) is 1.74. The van der Waals surface area contributed by atoms with Crippen LogP contribution in [0, 0.1) is 0 Å². The zero-order valence-electron chi connectivity index (χ0n) is 12.5. The first-order chi connectivity index (χ1) is 9.58. The van der Waals surface area contributed by atoms with E-state index < -0.39 is 0 Å². The minimum absolute atomic E-state index is 0.0283. The Labute approximate surface area is 120 Å². The molecular formula is C15H24N2O3. The van der Waals surface area contributed by atoms with E-state index in [1.54, 1.807) is 12.0 Å². The molecule has 1 rings (SSSR count). The number of carbonyl (C=O) groups excluding carboxylic acids is 1. The molecular weight excluding hydrogens is 256 g/mol. The van der Waals surface area contributed by atoms with Crippen LogP contribution in [0.4, 0.5) is 5.69 Å². The van der Waals surface area contributed by atoms with Crippen molar-refractivity contribution in [1.29, 1.82) is 0 Å². The van der Waals surface area contributed by atoms with Crippen molar-refractivity contribution in [2.75, 3.05) is 31.7 Å². The van der Waals surface area contributed by atoms with Crippen LogP contribution < -0.4 is 15.4 Å². The van der Waals surface area contributed by atoms with Crippen LogP contribution >= 0.6 is 0 Å². The molecule has 1 amide bonds. The average molecular weight is 280 g/mol. The molecule has 0 saturated heterocycles. The van der Waals surface area contributed by atoms with Gasteiger partial charge in [0.1, 0.15) is 12.4 Å². The number of anilines is 1. The molecule has 0 spiro atoms. The predicted octanol–water partition coefficient (Wildman–Crippen LogP) is 1.80. The number of hydrogen-bond acceptors (Lipinski definition) is 4. The Morgan fingerprint density at radius 1 is 1.40 bits per heavy atom. The summed E-state index contributed by atoms with van der Waals surface area (Å²) < 4.78 is 10.6. The molecule has 5 nitrogen and oxygen atoms in total. The first kappa shape index (κ1) is 16.5. The van der Waals surface area contributed by atoms with E-state index in [2.05, 4.69) is 0 Å². The van der Waals surface area contributed by atoms with Crippen LogP contribution in [0.25, 0.3) is 0 Å². The maximum Gasteiger partial charge on any atom is 0.252 e. The number of nitrogens with two attached hydrogens (primary N) is 1. The summed E-state index contributed by atoms with van der Waals surface area (Å²) in [5.41, 5.74) is 6.34. The second-order valence-electron chi connectivity index (χ2n) is 4.75. The quantitative estimate of drug-likeness (QED) is 0.788. The molecule has 0 heterocycles. The van der Waals surface area contributed by atoms with Gasteiger partial charge < -0.3 is 20.1 Å². The molecule has 0 aliphatic rings. The number of carbonyl (C=O) groups is 1. The molecule has 1 aromatic carbocycles. The zero-order chi connectivity index (χ0) is 15.0. The van der Waals surface area contributed by atoms with Gasteiger partial charge in [-0.15, -0.1) is 0 Å². The number of benzene rings is 1. The first-order valence-corrected chi connectivity index (χ1v) is 6.84. The molecule has 0 aromatic heterocycles. The van der Waals surface area contributed by atoms with Gasteiger partial charge in [-0.2, -0.15) is 0 Å². The summed E-state index contributed by atoms with van der Waals surface area (Å²) in [4.78, 5) is 14.0. The molecule has 0 radical (unpaired) electrons. The normalized spacial score (nSPS) is 10.7. The van der Waals surface area contributed by atoms with E-state index in [1.807, 2.05) is 38.1 Å². The third-order valence-electron chi connectivity index (χ3n) is 2.79. The highest BCUT2D eigenvalue weighted by Crippen LogP contribution is 2.21. The third-order valence-corrected chi connectivity index (χ3v) is 2.79. The molecule has 5 heteroatoms. The van der Waals surface area contributed by atoms with E-state index in [-0.39, 0.29) is 18.6 Å². The van der Waals surface area contributed by atoms with Gasteiger partial charge >= 0.3 is 0 Å². The smallest absolute Gasteiger partial charge is 0.252 e. The van der Waals surface area contributed by atoms with Gasteiger partial charge in [0.05, 0.1) is 13.2 Å². The van der Waals surface area contributed by atoms with E-state index in [9.17, 15) is 4.79 Å². The SMILES string of the molecule is COc1cccc(N(CCCN)C(=O)COC(C)C)c1. The van der Waals surface area contributed by atoms with Crippen molar-refractivity contribution < 1.29 is 14.3 Å². The molecule has 0 bridgehead atoms. The standard InChI is InChI=1S/C15H24N2O3/c1-12(2)20-11-15(18)17(9-5-8-16)13-6-4-7-14(10-13)19-3/h4,6-7,10,12H,5,8-9,11,16H2,1-3H3. The Kier molecular flexibility index (Phi) is 7.04. The zero-order valence-corrected chi connectivity index (χ0v) is 12.5. The number of methoxy groups -OCH3 is 1. The summed E-state index contributed by atoms with van der Waals surface area (Å²) >= 11 is 0. The van der Waals surface area contributed by atoms with Crippen molar-refractivity contribution in [3.63, 3.8) is 0 Å². The van der Waals surface area contributed by atoms with Gasteiger partial charge in [-0.25, -0.2) is 0 Å². The van der Waals surface area contributed by atoms with Crippen LogP contribution in [-0.4, -0.2) is 38.8 Å². The largest absolute Gasteiger partial charge is 0.497 e. The van der Waals surface area contributed by atoms with Gasteiger partial charge in [-0.1, -0.05) is 6.07 Å². The van der Waals surface area contributed by atoms with Crippen molar-refractivity contribution in [1.82, 2.24) is 0 Å². The highest BCUT2D eigenvalue weighted by molar-refractivity contribution is 5.94. The lowest BCUT2D eigenvalue weighted by atomic mass is 10.2. The van der Waals surface area contributed by atoms with E-state index in [0.29, 0.717) is 13.1 Å².